The van der Waals surface area contributed by atoms with Crippen LogP contribution in [0.25, 0.3) is 0 Å². The summed E-state index contributed by atoms with van der Waals surface area (Å²) >= 11 is 3.26. The van der Waals surface area contributed by atoms with E-state index >= 15 is 0 Å². The van der Waals surface area contributed by atoms with Gasteiger partial charge in [-0.2, -0.15) is 0 Å². The van der Waals surface area contributed by atoms with Gasteiger partial charge in [-0.1, -0.05) is 6.07 Å². The first-order valence-corrected chi connectivity index (χ1v) is 7.19. The van der Waals surface area contributed by atoms with Crippen LogP contribution in [0.15, 0.2) is 22.8 Å². The first-order chi connectivity index (χ1) is 9.71. The first kappa shape index (κ1) is 17.4. The van der Waals surface area contributed by atoms with Gasteiger partial charge in [0.05, 0.1) is 7.11 Å². The summed E-state index contributed by atoms with van der Waals surface area (Å²) in [5, 5.41) is 2.50. The number of methoxy groups -OCH3 is 1. The number of carbonyl (C=O) groups excluding carboxylic acids is 2. The van der Waals surface area contributed by atoms with Crippen molar-refractivity contribution in [2.75, 3.05) is 7.11 Å². The summed E-state index contributed by atoms with van der Waals surface area (Å²) in [6.45, 7) is 5.24. The van der Waals surface area contributed by atoms with Crippen LogP contribution >= 0.6 is 15.9 Å². The molecule has 0 aliphatic carbocycles. The Hall–Kier alpha value is -1.63. The second-order valence-corrected chi connectivity index (χ2v) is 6.19. The molecular formula is C14H19BrN2O4. The summed E-state index contributed by atoms with van der Waals surface area (Å²) in [6, 6.07) is 4.48. The van der Waals surface area contributed by atoms with Crippen molar-refractivity contribution in [2.24, 2.45) is 0 Å². The molecule has 116 valence electrons. The Bertz CT molecular complexity index is 514. The Balaban J connectivity index is 2.77. The Morgan fingerprint density at radius 3 is 2.57 bits per heavy atom. The predicted octanol–water partition coefficient (Wildman–Crippen LogP) is 2.45. The number of nitrogens with zero attached hydrogens (tertiary/aromatic N) is 1. The fourth-order valence-electron chi connectivity index (χ4n) is 1.56. The number of hydrogen-bond donors (Lipinski definition) is 1. The number of ether oxygens (including phenoxy) is 2. The second kappa shape index (κ2) is 7.40. The van der Waals surface area contributed by atoms with Gasteiger partial charge in [0.15, 0.2) is 0 Å². The van der Waals surface area contributed by atoms with Gasteiger partial charge in [0.2, 0.25) is 0 Å². The maximum atomic E-state index is 11.8. The molecule has 1 amide bonds. The van der Waals surface area contributed by atoms with Gasteiger partial charge >= 0.3 is 12.1 Å². The molecule has 6 nitrogen and oxygen atoms in total. The highest BCUT2D eigenvalue weighted by Crippen LogP contribution is 2.10. The molecule has 0 aliphatic heterocycles. The smallest absolute Gasteiger partial charge is 0.408 e. The molecule has 1 aromatic rings. The van der Waals surface area contributed by atoms with Gasteiger partial charge in [0, 0.05) is 12.1 Å². The Morgan fingerprint density at radius 2 is 2.05 bits per heavy atom. The van der Waals surface area contributed by atoms with E-state index < -0.39 is 23.7 Å². The highest BCUT2D eigenvalue weighted by Gasteiger charge is 2.25. The standard InChI is InChI=1S/C14H19BrN2O4/c1-14(2,3)21-13(19)17-10(12(18)20-4)8-9-6-5-7-11(15)16-9/h5-7,10H,8H2,1-4H3,(H,17,19). The molecule has 1 unspecified atom stereocenters. The number of halogens is 1. The van der Waals surface area contributed by atoms with Crippen molar-refractivity contribution in [1.82, 2.24) is 10.3 Å². The lowest BCUT2D eigenvalue weighted by Gasteiger charge is -2.22. The van der Waals surface area contributed by atoms with E-state index in [2.05, 4.69) is 26.2 Å². The molecule has 1 rings (SSSR count). The van der Waals surface area contributed by atoms with Crippen molar-refractivity contribution in [3.8, 4) is 0 Å². The van der Waals surface area contributed by atoms with E-state index in [1.807, 2.05) is 0 Å². The zero-order chi connectivity index (χ0) is 16.0. The van der Waals surface area contributed by atoms with Crippen LogP contribution in [0.5, 0.6) is 0 Å². The Kier molecular flexibility index (Phi) is 6.14. The number of pyridine rings is 1. The van der Waals surface area contributed by atoms with Crippen molar-refractivity contribution in [3.63, 3.8) is 0 Å². The van der Waals surface area contributed by atoms with Crippen molar-refractivity contribution in [2.45, 2.75) is 38.8 Å². The minimum Gasteiger partial charge on any atom is -0.467 e. The Labute approximate surface area is 132 Å². The maximum absolute atomic E-state index is 11.8. The topological polar surface area (TPSA) is 77.5 Å². The molecule has 0 aliphatic rings. The van der Waals surface area contributed by atoms with Gasteiger partial charge < -0.3 is 14.8 Å². The van der Waals surface area contributed by atoms with Gasteiger partial charge in [-0.15, -0.1) is 0 Å². The van der Waals surface area contributed by atoms with Crippen LogP contribution in [0.2, 0.25) is 0 Å². The second-order valence-electron chi connectivity index (χ2n) is 5.38. The lowest BCUT2D eigenvalue weighted by Crippen LogP contribution is -2.45. The summed E-state index contributed by atoms with van der Waals surface area (Å²) in [4.78, 5) is 27.8. The highest BCUT2D eigenvalue weighted by molar-refractivity contribution is 9.10. The largest absolute Gasteiger partial charge is 0.467 e. The zero-order valence-corrected chi connectivity index (χ0v) is 14.1. The Morgan fingerprint density at radius 1 is 1.38 bits per heavy atom. The molecule has 7 heteroatoms. The molecule has 0 saturated carbocycles. The summed E-state index contributed by atoms with van der Waals surface area (Å²) in [5.41, 5.74) is 0.00882. The lowest BCUT2D eigenvalue weighted by atomic mass is 10.1. The minimum atomic E-state index is -0.855. The molecule has 1 aromatic heterocycles. The zero-order valence-electron chi connectivity index (χ0n) is 12.5. The van der Waals surface area contributed by atoms with E-state index in [0.717, 1.165) is 0 Å². The number of amides is 1. The molecule has 0 saturated heterocycles. The van der Waals surface area contributed by atoms with E-state index in [9.17, 15) is 9.59 Å². The molecule has 0 bridgehead atoms. The molecular weight excluding hydrogens is 340 g/mol. The third-order valence-corrected chi connectivity index (χ3v) is 2.80. The number of hydrogen-bond acceptors (Lipinski definition) is 5. The van der Waals surface area contributed by atoms with E-state index in [4.69, 9.17) is 9.47 Å². The van der Waals surface area contributed by atoms with Crippen LogP contribution in [-0.4, -0.2) is 35.8 Å². The molecule has 1 atom stereocenters. The van der Waals surface area contributed by atoms with Crippen molar-refractivity contribution in [3.05, 3.63) is 28.5 Å². The number of alkyl carbamates (subject to hydrolysis) is 1. The number of nitrogens with one attached hydrogen (secondary N) is 1. The fraction of sp³-hybridized carbons (Fsp3) is 0.500. The molecule has 21 heavy (non-hydrogen) atoms. The number of rotatable bonds is 4. The molecule has 1 heterocycles. The molecule has 0 spiro atoms. The summed E-state index contributed by atoms with van der Waals surface area (Å²) in [6.07, 6.45) is -0.460. The first-order valence-electron chi connectivity index (χ1n) is 6.40. The number of esters is 1. The van der Waals surface area contributed by atoms with Gasteiger partial charge in [0.1, 0.15) is 16.2 Å². The van der Waals surface area contributed by atoms with Gasteiger partial charge in [-0.3, -0.25) is 0 Å². The predicted molar refractivity (Wildman–Crippen MR) is 80.8 cm³/mol. The molecule has 0 fully saturated rings. The van der Waals surface area contributed by atoms with Gasteiger partial charge in [0.25, 0.3) is 0 Å². The number of carbonyl (C=O) groups is 2. The fourth-order valence-corrected chi connectivity index (χ4v) is 1.94. The third kappa shape index (κ3) is 6.57. The third-order valence-electron chi connectivity index (χ3n) is 2.36. The molecule has 0 aromatic carbocycles. The van der Waals surface area contributed by atoms with Crippen LogP contribution in [0.4, 0.5) is 4.79 Å². The summed E-state index contributed by atoms with van der Waals surface area (Å²) in [7, 11) is 1.26. The van der Waals surface area contributed by atoms with Crippen molar-refractivity contribution in [1.29, 1.82) is 0 Å². The van der Waals surface area contributed by atoms with Gasteiger partial charge in [-0.25, -0.2) is 14.6 Å². The van der Waals surface area contributed by atoms with Crippen LogP contribution in [0.1, 0.15) is 26.5 Å². The van der Waals surface area contributed by atoms with E-state index in [1.165, 1.54) is 7.11 Å². The summed E-state index contributed by atoms with van der Waals surface area (Å²) in [5.74, 6) is -0.553. The quantitative estimate of drug-likeness (QED) is 0.660. The van der Waals surface area contributed by atoms with Crippen LogP contribution in [0, 0.1) is 0 Å². The van der Waals surface area contributed by atoms with E-state index in [0.29, 0.717) is 10.3 Å². The van der Waals surface area contributed by atoms with E-state index in [-0.39, 0.29) is 6.42 Å². The lowest BCUT2D eigenvalue weighted by molar-refractivity contribution is -0.143. The van der Waals surface area contributed by atoms with Gasteiger partial charge in [-0.05, 0) is 48.8 Å². The van der Waals surface area contributed by atoms with E-state index in [1.54, 1.807) is 39.0 Å². The van der Waals surface area contributed by atoms with Crippen molar-refractivity contribution >= 4 is 28.0 Å². The van der Waals surface area contributed by atoms with Crippen molar-refractivity contribution < 1.29 is 19.1 Å². The number of aromatic nitrogens is 1. The normalized spacial score (nSPS) is 12.4. The maximum Gasteiger partial charge on any atom is 0.408 e. The molecule has 0 radical (unpaired) electrons. The highest BCUT2D eigenvalue weighted by atomic mass is 79.9. The molecule has 1 N–H and O–H groups in total. The average Bonchev–Trinajstić information content (AvgIpc) is 2.34. The minimum absolute atomic E-state index is 0.214. The van der Waals surface area contributed by atoms with Crippen LogP contribution in [-0.2, 0) is 20.7 Å². The average molecular weight is 359 g/mol. The SMILES string of the molecule is COC(=O)C(Cc1cccc(Br)n1)NC(=O)OC(C)(C)C. The summed E-state index contributed by atoms with van der Waals surface area (Å²) < 4.78 is 10.5. The van der Waals surface area contributed by atoms with Crippen LogP contribution in [0.3, 0.4) is 0 Å². The monoisotopic (exact) mass is 358 g/mol. The van der Waals surface area contributed by atoms with Crippen LogP contribution < -0.4 is 5.32 Å².